The number of hydrogen-bond donors (Lipinski definition) is 0. The summed E-state index contributed by atoms with van der Waals surface area (Å²) < 4.78 is 5.92. The Labute approximate surface area is 98.9 Å². The first-order valence-electron chi connectivity index (χ1n) is 5.21. The van der Waals surface area contributed by atoms with Crippen LogP contribution in [0.3, 0.4) is 0 Å². The van der Waals surface area contributed by atoms with Gasteiger partial charge < -0.3 is 4.74 Å². The van der Waals surface area contributed by atoms with E-state index in [1.54, 1.807) is 6.92 Å². The number of ether oxygens (including phenoxy) is 1. The Morgan fingerprint density at radius 3 is 2.81 bits per heavy atom. The van der Waals surface area contributed by atoms with Crippen LogP contribution in [0.25, 0.3) is 0 Å². The molecule has 0 N–H and O–H groups in total. The number of halogens is 1. The van der Waals surface area contributed by atoms with Crippen LogP contribution in [-0.4, -0.2) is 5.78 Å². The van der Waals surface area contributed by atoms with Crippen molar-refractivity contribution in [2.75, 3.05) is 0 Å². The van der Waals surface area contributed by atoms with Crippen LogP contribution < -0.4 is 0 Å². The first-order valence-corrected chi connectivity index (χ1v) is 5.58. The smallest absolute Gasteiger partial charge is 0.171 e. The summed E-state index contributed by atoms with van der Waals surface area (Å²) in [6.07, 6.45) is 3.76. The van der Waals surface area contributed by atoms with E-state index in [2.05, 4.69) is 0 Å². The number of carbonyl (C=O) groups is 1. The molecular formula is C13H11ClO2. The van der Waals surface area contributed by atoms with E-state index in [1.807, 2.05) is 37.3 Å². The highest BCUT2D eigenvalue weighted by Crippen LogP contribution is 2.55. The molecule has 0 aromatic heterocycles. The van der Waals surface area contributed by atoms with Crippen molar-refractivity contribution in [3.8, 4) is 0 Å². The van der Waals surface area contributed by atoms with Gasteiger partial charge in [0.2, 0.25) is 0 Å². The van der Waals surface area contributed by atoms with Crippen LogP contribution in [0.15, 0.2) is 30.4 Å². The van der Waals surface area contributed by atoms with Gasteiger partial charge in [0.25, 0.3) is 0 Å². The van der Waals surface area contributed by atoms with Gasteiger partial charge in [-0.05, 0) is 32.1 Å². The third-order valence-corrected chi connectivity index (χ3v) is 3.76. The number of carbonyl (C=O) groups excluding carboxylic acids is 1. The lowest BCUT2D eigenvalue weighted by molar-refractivity contribution is -0.142. The summed E-state index contributed by atoms with van der Waals surface area (Å²) >= 11 is 6.19. The van der Waals surface area contributed by atoms with Crippen molar-refractivity contribution in [3.63, 3.8) is 0 Å². The minimum atomic E-state index is -0.908. The summed E-state index contributed by atoms with van der Waals surface area (Å²) in [7, 11) is 0. The van der Waals surface area contributed by atoms with Gasteiger partial charge in [-0.2, -0.15) is 0 Å². The van der Waals surface area contributed by atoms with Gasteiger partial charge in [0, 0.05) is 16.1 Å². The standard InChI is InChI=1S/C13H11ClO2/c1-8(15)13-7-6-12(2,16-13)11-9(13)4-3-5-10(11)14/h3-7H,1-2H3. The molecule has 1 aromatic rings. The lowest BCUT2D eigenvalue weighted by Gasteiger charge is -2.20. The van der Waals surface area contributed by atoms with Crippen LogP contribution in [0, 0.1) is 0 Å². The Kier molecular flexibility index (Phi) is 1.74. The highest BCUT2D eigenvalue weighted by Gasteiger charge is 2.56. The van der Waals surface area contributed by atoms with E-state index in [0.717, 1.165) is 11.1 Å². The van der Waals surface area contributed by atoms with Crippen molar-refractivity contribution >= 4 is 17.4 Å². The lowest BCUT2D eigenvalue weighted by atomic mass is 9.81. The SMILES string of the molecule is CC(=O)C12C=CC(C)(O1)c1c(Cl)cccc12. The van der Waals surface area contributed by atoms with Gasteiger partial charge in [0.1, 0.15) is 5.60 Å². The molecule has 16 heavy (non-hydrogen) atoms. The monoisotopic (exact) mass is 234 g/mol. The van der Waals surface area contributed by atoms with Crippen LogP contribution >= 0.6 is 11.6 Å². The van der Waals surface area contributed by atoms with E-state index in [0.29, 0.717) is 5.02 Å². The van der Waals surface area contributed by atoms with E-state index < -0.39 is 11.2 Å². The van der Waals surface area contributed by atoms with Gasteiger partial charge in [0.05, 0.1) is 0 Å². The van der Waals surface area contributed by atoms with Gasteiger partial charge in [-0.15, -0.1) is 0 Å². The third-order valence-electron chi connectivity index (χ3n) is 3.44. The summed E-state index contributed by atoms with van der Waals surface area (Å²) in [5.41, 5.74) is 0.348. The molecule has 0 radical (unpaired) electrons. The zero-order valence-electron chi connectivity index (χ0n) is 9.08. The number of hydrogen-bond acceptors (Lipinski definition) is 2. The maximum atomic E-state index is 11.8. The molecule has 2 unspecified atom stereocenters. The molecule has 3 heteroatoms. The molecule has 2 nitrogen and oxygen atoms in total. The molecule has 0 aliphatic carbocycles. The van der Waals surface area contributed by atoms with Crippen molar-refractivity contribution < 1.29 is 9.53 Å². The normalized spacial score (nSPS) is 34.2. The first kappa shape index (κ1) is 10.1. The van der Waals surface area contributed by atoms with Gasteiger partial charge in [0.15, 0.2) is 11.4 Å². The van der Waals surface area contributed by atoms with Crippen molar-refractivity contribution in [2.24, 2.45) is 0 Å². The van der Waals surface area contributed by atoms with E-state index in [9.17, 15) is 4.79 Å². The van der Waals surface area contributed by atoms with E-state index >= 15 is 0 Å². The predicted molar refractivity (Wildman–Crippen MR) is 61.4 cm³/mol. The summed E-state index contributed by atoms with van der Waals surface area (Å²) in [5.74, 6) is -0.00603. The maximum Gasteiger partial charge on any atom is 0.171 e. The molecule has 2 aliphatic rings. The average Bonchev–Trinajstić information content (AvgIpc) is 2.69. The Balaban J connectivity index is 2.37. The fourth-order valence-corrected chi connectivity index (χ4v) is 3.04. The topological polar surface area (TPSA) is 26.3 Å². The van der Waals surface area contributed by atoms with E-state index in [1.165, 1.54) is 0 Å². The second-order valence-corrected chi connectivity index (χ2v) is 4.90. The molecule has 0 amide bonds. The molecule has 0 saturated carbocycles. The number of benzene rings is 1. The molecule has 0 saturated heterocycles. The second kappa shape index (κ2) is 2.76. The molecule has 3 rings (SSSR count). The van der Waals surface area contributed by atoms with Crippen molar-refractivity contribution in [1.82, 2.24) is 0 Å². The third kappa shape index (κ3) is 0.944. The van der Waals surface area contributed by atoms with E-state index in [4.69, 9.17) is 16.3 Å². The Hall–Kier alpha value is -1.12. The molecular weight excluding hydrogens is 224 g/mol. The summed E-state index contributed by atoms with van der Waals surface area (Å²) in [4.78, 5) is 11.8. The zero-order valence-corrected chi connectivity index (χ0v) is 9.84. The Morgan fingerprint density at radius 1 is 1.38 bits per heavy atom. The number of rotatable bonds is 1. The number of ketones is 1. The largest absolute Gasteiger partial charge is 0.343 e. The fourth-order valence-electron chi connectivity index (χ4n) is 2.67. The Bertz CT molecular complexity index is 535. The molecule has 0 fully saturated rings. The maximum absolute atomic E-state index is 11.8. The van der Waals surface area contributed by atoms with Crippen LogP contribution in [0.4, 0.5) is 0 Å². The average molecular weight is 235 g/mol. The second-order valence-electron chi connectivity index (χ2n) is 4.50. The molecule has 2 heterocycles. The van der Waals surface area contributed by atoms with Gasteiger partial charge in [-0.1, -0.05) is 23.7 Å². The molecule has 2 aliphatic heterocycles. The highest BCUT2D eigenvalue weighted by atomic mass is 35.5. The highest BCUT2D eigenvalue weighted by molar-refractivity contribution is 6.31. The summed E-state index contributed by atoms with van der Waals surface area (Å²) in [6, 6.07) is 5.60. The fraction of sp³-hybridized carbons (Fsp3) is 0.308. The zero-order chi connectivity index (χ0) is 11.6. The van der Waals surface area contributed by atoms with E-state index in [-0.39, 0.29) is 5.78 Å². The van der Waals surface area contributed by atoms with Crippen LogP contribution in [0.5, 0.6) is 0 Å². The number of Topliss-reactive ketones (excluding diaryl/α,β-unsaturated/α-hetero) is 1. The molecule has 2 bridgehead atoms. The Morgan fingerprint density at radius 2 is 2.12 bits per heavy atom. The summed E-state index contributed by atoms with van der Waals surface area (Å²) in [5, 5.41) is 0.660. The van der Waals surface area contributed by atoms with Crippen LogP contribution in [0.1, 0.15) is 25.0 Å². The van der Waals surface area contributed by atoms with Gasteiger partial charge >= 0.3 is 0 Å². The summed E-state index contributed by atoms with van der Waals surface area (Å²) in [6.45, 7) is 3.48. The van der Waals surface area contributed by atoms with Crippen LogP contribution in [-0.2, 0) is 20.7 Å². The minimum Gasteiger partial charge on any atom is -0.343 e. The van der Waals surface area contributed by atoms with Crippen molar-refractivity contribution in [1.29, 1.82) is 0 Å². The lowest BCUT2D eigenvalue weighted by Crippen LogP contribution is -2.30. The van der Waals surface area contributed by atoms with Gasteiger partial charge in [-0.25, -0.2) is 0 Å². The van der Waals surface area contributed by atoms with Crippen LogP contribution in [0.2, 0.25) is 5.02 Å². The number of fused-ring (bicyclic) bond motifs is 5. The first-order chi connectivity index (χ1) is 7.50. The quantitative estimate of drug-likeness (QED) is 0.699. The van der Waals surface area contributed by atoms with Crippen molar-refractivity contribution in [3.05, 3.63) is 46.5 Å². The molecule has 82 valence electrons. The van der Waals surface area contributed by atoms with Crippen molar-refractivity contribution in [2.45, 2.75) is 25.0 Å². The minimum absolute atomic E-state index is 0.00603. The molecule has 2 atom stereocenters. The predicted octanol–water partition coefficient (Wildman–Crippen LogP) is 2.94. The molecule has 1 aromatic carbocycles. The molecule has 0 spiro atoms. The van der Waals surface area contributed by atoms with Gasteiger partial charge in [-0.3, -0.25) is 4.79 Å².